The van der Waals surface area contributed by atoms with Crippen LogP contribution in [0.1, 0.15) is 16.7 Å². The topological polar surface area (TPSA) is 37.4 Å². The van der Waals surface area contributed by atoms with Gasteiger partial charge >= 0.3 is 0 Å². The van der Waals surface area contributed by atoms with Gasteiger partial charge in [0.05, 0.1) is 10.6 Å². The van der Waals surface area contributed by atoms with Gasteiger partial charge in [0.1, 0.15) is 0 Å². The van der Waals surface area contributed by atoms with Crippen LogP contribution in [0.15, 0.2) is 45.8 Å². The largest absolute Gasteiger partial charge is 0.269 e. The van der Waals surface area contributed by atoms with Crippen LogP contribution in [0.2, 0.25) is 0 Å². The van der Waals surface area contributed by atoms with E-state index in [-0.39, 0.29) is 4.90 Å². The van der Waals surface area contributed by atoms with Gasteiger partial charge in [-0.25, -0.2) is 8.42 Å². The van der Waals surface area contributed by atoms with Crippen LogP contribution in [0.3, 0.4) is 0 Å². The molecule has 0 unspecified atom stereocenters. The monoisotopic (exact) mass is 367 g/mol. The molecule has 2 aromatic rings. The van der Waals surface area contributed by atoms with Crippen LogP contribution >= 0.6 is 15.9 Å². The van der Waals surface area contributed by atoms with Gasteiger partial charge in [0.2, 0.25) is 0 Å². The Hall–Kier alpha value is -1.33. The van der Waals surface area contributed by atoms with Crippen LogP contribution in [0.5, 0.6) is 0 Å². The summed E-state index contributed by atoms with van der Waals surface area (Å²) in [4.78, 5) is 0.285. The van der Waals surface area contributed by atoms with Crippen molar-refractivity contribution in [1.29, 1.82) is 0 Å². The van der Waals surface area contributed by atoms with Crippen molar-refractivity contribution >= 4 is 31.6 Å². The van der Waals surface area contributed by atoms with Crippen LogP contribution in [-0.2, 0) is 10.0 Å². The van der Waals surface area contributed by atoms with E-state index in [1.165, 1.54) is 4.31 Å². The molecule has 2 aromatic carbocycles. The molecule has 0 bridgehead atoms. The summed E-state index contributed by atoms with van der Waals surface area (Å²) in [5.74, 6) is 0. The Labute approximate surface area is 134 Å². The van der Waals surface area contributed by atoms with E-state index in [0.29, 0.717) is 0 Å². The van der Waals surface area contributed by atoms with Gasteiger partial charge in [-0.1, -0.05) is 33.6 Å². The first-order valence-corrected chi connectivity index (χ1v) is 8.79. The molecule has 5 heteroatoms. The quantitative estimate of drug-likeness (QED) is 0.814. The van der Waals surface area contributed by atoms with Crippen LogP contribution in [0.25, 0.3) is 0 Å². The van der Waals surface area contributed by atoms with E-state index < -0.39 is 10.0 Å². The molecule has 0 heterocycles. The standard InChI is InChI=1S/C16H18BrNO2S/c1-11-9-12(2)16(13(3)10-11)18(4)21(19,20)15-7-5-14(17)6-8-15/h5-10H,1-4H3. The fraction of sp³-hybridized carbons (Fsp3) is 0.250. The first-order valence-electron chi connectivity index (χ1n) is 6.56. The van der Waals surface area contributed by atoms with Crippen molar-refractivity contribution in [3.8, 4) is 0 Å². The number of sulfonamides is 1. The van der Waals surface area contributed by atoms with Gasteiger partial charge in [0.25, 0.3) is 10.0 Å². The van der Waals surface area contributed by atoms with Crippen molar-refractivity contribution in [2.45, 2.75) is 25.7 Å². The summed E-state index contributed by atoms with van der Waals surface area (Å²) in [5, 5.41) is 0. The van der Waals surface area contributed by atoms with Gasteiger partial charge in [-0.05, 0) is 56.2 Å². The molecule has 0 radical (unpaired) electrons. The summed E-state index contributed by atoms with van der Waals surface area (Å²) in [6.45, 7) is 5.87. The van der Waals surface area contributed by atoms with E-state index in [9.17, 15) is 8.42 Å². The molecule has 0 atom stereocenters. The third kappa shape index (κ3) is 3.14. The SMILES string of the molecule is Cc1cc(C)c(N(C)S(=O)(=O)c2ccc(Br)cc2)c(C)c1. The number of benzene rings is 2. The molecule has 112 valence electrons. The molecule has 0 fully saturated rings. The molecule has 3 nitrogen and oxygen atoms in total. The minimum atomic E-state index is -3.55. The zero-order valence-electron chi connectivity index (χ0n) is 12.5. The van der Waals surface area contributed by atoms with Crippen molar-refractivity contribution in [3.05, 3.63) is 57.6 Å². The molecule has 0 N–H and O–H groups in total. The summed E-state index contributed by atoms with van der Waals surface area (Å²) in [7, 11) is -1.95. The minimum Gasteiger partial charge on any atom is -0.269 e. The van der Waals surface area contributed by atoms with E-state index >= 15 is 0 Å². The lowest BCUT2D eigenvalue weighted by molar-refractivity contribution is 0.594. The molecule has 2 rings (SSSR count). The zero-order valence-corrected chi connectivity index (χ0v) is 14.9. The maximum atomic E-state index is 12.7. The highest BCUT2D eigenvalue weighted by atomic mass is 79.9. The first-order chi connectivity index (χ1) is 9.73. The molecule has 0 amide bonds. The predicted molar refractivity (Wildman–Crippen MR) is 90.4 cm³/mol. The van der Waals surface area contributed by atoms with E-state index in [2.05, 4.69) is 15.9 Å². The van der Waals surface area contributed by atoms with Gasteiger partial charge < -0.3 is 0 Å². The lowest BCUT2D eigenvalue weighted by Gasteiger charge is -2.24. The normalized spacial score (nSPS) is 11.5. The minimum absolute atomic E-state index is 0.285. The van der Waals surface area contributed by atoms with Crippen molar-refractivity contribution in [2.75, 3.05) is 11.4 Å². The number of hydrogen-bond acceptors (Lipinski definition) is 2. The highest BCUT2D eigenvalue weighted by molar-refractivity contribution is 9.10. The van der Waals surface area contributed by atoms with Crippen molar-refractivity contribution in [2.24, 2.45) is 0 Å². The average Bonchev–Trinajstić information content (AvgIpc) is 2.37. The Balaban J connectivity index is 2.53. The molecule has 0 aliphatic carbocycles. The Bertz CT molecular complexity index is 744. The molecule has 0 saturated carbocycles. The number of rotatable bonds is 3. The van der Waals surface area contributed by atoms with Crippen LogP contribution in [-0.4, -0.2) is 15.5 Å². The smallest absolute Gasteiger partial charge is 0.264 e. The summed E-state index contributed by atoms with van der Waals surface area (Å²) in [5.41, 5.74) is 3.78. The van der Waals surface area contributed by atoms with Crippen molar-refractivity contribution < 1.29 is 8.42 Å². The van der Waals surface area contributed by atoms with Gasteiger partial charge in [-0.3, -0.25) is 4.31 Å². The van der Waals surface area contributed by atoms with Crippen LogP contribution < -0.4 is 4.31 Å². The second kappa shape index (κ2) is 5.81. The van der Waals surface area contributed by atoms with Crippen molar-refractivity contribution in [1.82, 2.24) is 0 Å². The third-order valence-electron chi connectivity index (χ3n) is 3.42. The Morgan fingerprint density at radius 2 is 1.43 bits per heavy atom. The van der Waals surface area contributed by atoms with Crippen LogP contribution in [0, 0.1) is 20.8 Å². The lowest BCUT2D eigenvalue weighted by atomic mass is 10.1. The summed E-state index contributed by atoms with van der Waals surface area (Å²) < 4.78 is 27.7. The van der Waals surface area contributed by atoms with E-state index in [4.69, 9.17) is 0 Å². The Morgan fingerprint density at radius 1 is 0.952 bits per heavy atom. The Kier molecular flexibility index (Phi) is 4.44. The van der Waals surface area contributed by atoms with Gasteiger partial charge in [-0.2, -0.15) is 0 Å². The van der Waals surface area contributed by atoms with E-state index in [1.807, 2.05) is 32.9 Å². The maximum absolute atomic E-state index is 12.7. The predicted octanol–water partition coefficient (Wildman–Crippen LogP) is 4.20. The lowest BCUT2D eigenvalue weighted by Crippen LogP contribution is -2.28. The molecule has 0 aliphatic heterocycles. The summed E-state index contributed by atoms with van der Waals surface area (Å²) in [6, 6.07) is 10.7. The number of hydrogen-bond donors (Lipinski definition) is 0. The number of aryl methyl sites for hydroxylation is 3. The highest BCUT2D eigenvalue weighted by Crippen LogP contribution is 2.30. The second-order valence-electron chi connectivity index (χ2n) is 5.17. The summed E-state index contributed by atoms with van der Waals surface area (Å²) >= 11 is 3.32. The maximum Gasteiger partial charge on any atom is 0.264 e. The number of nitrogens with zero attached hydrogens (tertiary/aromatic N) is 1. The zero-order chi connectivity index (χ0) is 15.8. The van der Waals surface area contributed by atoms with E-state index in [1.54, 1.807) is 31.3 Å². The van der Waals surface area contributed by atoms with Gasteiger partial charge in [0, 0.05) is 11.5 Å². The second-order valence-corrected chi connectivity index (χ2v) is 8.06. The van der Waals surface area contributed by atoms with Crippen molar-refractivity contribution in [3.63, 3.8) is 0 Å². The average molecular weight is 368 g/mol. The fourth-order valence-electron chi connectivity index (χ4n) is 2.55. The fourth-order valence-corrected chi connectivity index (χ4v) is 4.14. The molecule has 0 saturated heterocycles. The number of halogens is 1. The van der Waals surface area contributed by atoms with Gasteiger partial charge in [-0.15, -0.1) is 0 Å². The molecule has 0 aliphatic rings. The summed E-state index contributed by atoms with van der Waals surface area (Å²) in [6.07, 6.45) is 0. The van der Waals surface area contributed by atoms with Gasteiger partial charge in [0.15, 0.2) is 0 Å². The molecule has 0 aromatic heterocycles. The number of anilines is 1. The molecular formula is C16H18BrNO2S. The van der Waals surface area contributed by atoms with Crippen LogP contribution in [0.4, 0.5) is 5.69 Å². The molecule has 0 spiro atoms. The molecular weight excluding hydrogens is 350 g/mol. The highest BCUT2D eigenvalue weighted by Gasteiger charge is 2.23. The first kappa shape index (κ1) is 16.0. The Morgan fingerprint density at radius 3 is 1.90 bits per heavy atom. The van der Waals surface area contributed by atoms with E-state index in [0.717, 1.165) is 26.9 Å². The third-order valence-corrected chi connectivity index (χ3v) is 5.72. The molecule has 21 heavy (non-hydrogen) atoms.